The molecule has 3 aromatic rings. The van der Waals surface area contributed by atoms with E-state index >= 15 is 0 Å². The Balaban J connectivity index is 2.07. The second-order valence-corrected chi connectivity index (χ2v) is 8.20. The van der Waals surface area contributed by atoms with Gasteiger partial charge in [-0.2, -0.15) is 0 Å². The van der Waals surface area contributed by atoms with Crippen molar-refractivity contribution in [1.82, 2.24) is 4.98 Å². The van der Waals surface area contributed by atoms with Crippen molar-refractivity contribution in [1.29, 1.82) is 0 Å². The number of pyridine rings is 1. The first-order valence-electron chi connectivity index (χ1n) is 7.56. The van der Waals surface area contributed by atoms with Crippen LogP contribution < -0.4 is 10.6 Å². The van der Waals surface area contributed by atoms with Gasteiger partial charge in [-0.15, -0.1) is 0 Å². The molecule has 0 unspecified atom stereocenters. The van der Waals surface area contributed by atoms with Crippen LogP contribution in [-0.4, -0.2) is 16.4 Å². The summed E-state index contributed by atoms with van der Waals surface area (Å²) in [6, 6.07) is 24.4. The summed E-state index contributed by atoms with van der Waals surface area (Å²) < 4.78 is 13.9. The Morgan fingerprint density at radius 3 is 2.00 bits per heavy atom. The number of nitrogens with zero attached hydrogens (tertiary/aromatic N) is 2. The average molecular weight is 336 g/mol. The summed E-state index contributed by atoms with van der Waals surface area (Å²) in [7, 11) is -2.85. The van der Waals surface area contributed by atoms with Crippen molar-refractivity contribution in [3.8, 4) is 0 Å². The van der Waals surface area contributed by atoms with Gasteiger partial charge in [0.15, 0.2) is 0 Å². The van der Waals surface area contributed by atoms with Gasteiger partial charge in [-0.05, 0) is 12.1 Å². The van der Waals surface area contributed by atoms with Crippen LogP contribution in [0.1, 0.15) is 11.4 Å². The van der Waals surface area contributed by atoms with E-state index in [0.29, 0.717) is 17.5 Å². The predicted octanol–water partition coefficient (Wildman–Crippen LogP) is 3.40. The van der Waals surface area contributed by atoms with Crippen LogP contribution in [0.4, 0.5) is 0 Å². The predicted molar refractivity (Wildman–Crippen MR) is 97.1 cm³/mol. The summed E-state index contributed by atoms with van der Waals surface area (Å²) in [6.07, 6.45) is 1.58. The number of aromatic nitrogens is 1. The maximum atomic E-state index is 13.9. The lowest BCUT2D eigenvalue weighted by molar-refractivity contribution is 0.321. The number of hydrogen-bond acceptors (Lipinski definition) is 4. The largest absolute Gasteiger partial charge is 0.411 e. The van der Waals surface area contributed by atoms with Gasteiger partial charge in [0, 0.05) is 16.3 Å². The average Bonchev–Trinajstić information content (AvgIpc) is 2.64. The first kappa shape index (κ1) is 16.2. The Morgan fingerprint density at radius 2 is 1.46 bits per heavy atom. The minimum Gasteiger partial charge on any atom is -0.411 e. The molecule has 0 saturated heterocycles. The van der Waals surface area contributed by atoms with E-state index in [2.05, 4.69) is 10.1 Å². The quantitative estimate of drug-likeness (QED) is 0.336. The van der Waals surface area contributed by atoms with E-state index in [1.54, 1.807) is 6.07 Å². The molecule has 0 radical (unpaired) electrons. The molecule has 0 bridgehead atoms. The zero-order valence-corrected chi connectivity index (χ0v) is 13.9. The van der Waals surface area contributed by atoms with Gasteiger partial charge in [-0.1, -0.05) is 71.9 Å². The smallest absolute Gasteiger partial charge is 0.148 e. The van der Waals surface area contributed by atoms with Crippen molar-refractivity contribution in [3.63, 3.8) is 0 Å². The van der Waals surface area contributed by atoms with Crippen molar-refractivity contribution in [2.24, 2.45) is 5.16 Å². The molecule has 24 heavy (non-hydrogen) atoms. The fourth-order valence-corrected chi connectivity index (χ4v) is 5.22. The van der Waals surface area contributed by atoms with Crippen LogP contribution in [0.2, 0.25) is 0 Å². The molecule has 4 nitrogen and oxygen atoms in total. The van der Waals surface area contributed by atoms with Crippen molar-refractivity contribution in [2.75, 3.05) is 0 Å². The molecule has 1 aromatic heterocycles. The fraction of sp³-hybridized carbons (Fsp3) is 0.0526. The first-order valence-corrected chi connectivity index (χ1v) is 9.45. The van der Waals surface area contributed by atoms with E-state index in [9.17, 15) is 4.57 Å². The monoisotopic (exact) mass is 336 g/mol. The molecule has 5 heteroatoms. The van der Waals surface area contributed by atoms with E-state index in [-0.39, 0.29) is 0 Å². The molecule has 0 aliphatic carbocycles. The molecule has 0 aliphatic heterocycles. The minimum absolute atomic E-state index is 0.314. The maximum Gasteiger partial charge on any atom is 0.148 e. The number of oxime groups is 1. The van der Waals surface area contributed by atoms with Crippen LogP contribution in [0.3, 0.4) is 0 Å². The lowest BCUT2D eigenvalue weighted by Gasteiger charge is -2.19. The lowest BCUT2D eigenvalue weighted by Crippen LogP contribution is -2.18. The fourth-order valence-electron chi connectivity index (χ4n) is 2.61. The van der Waals surface area contributed by atoms with Gasteiger partial charge in [-0.3, -0.25) is 4.98 Å². The molecule has 0 fully saturated rings. The Morgan fingerprint density at radius 1 is 0.875 bits per heavy atom. The normalized spacial score (nSPS) is 11.7. The van der Waals surface area contributed by atoms with Crippen LogP contribution in [-0.2, 0) is 10.7 Å². The molecular formula is C19H17N2O2P. The molecule has 0 amide bonds. The standard InChI is InChI=1S/C19H17N2O2P/c22-20-14-16-8-7-9-17(21-16)15-24(23,18-10-3-1-4-11-18)19-12-5-2-6-13-19/h1-14,22H,15H2. The zero-order valence-electron chi connectivity index (χ0n) is 13.0. The van der Waals surface area contributed by atoms with Gasteiger partial charge in [0.2, 0.25) is 0 Å². The third-order valence-electron chi connectivity index (χ3n) is 3.75. The Hall–Kier alpha value is -2.71. The molecule has 0 saturated carbocycles. The molecule has 1 N–H and O–H groups in total. The number of benzene rings is 2. The van der Waals surface area contributed by atoms with Crippen molar-refractivity contribution >= 4 is 24.0 Å². The minimum atomic E-state index is -2.85. The van der Waals surface area contributed by atoms with Gasteiger partial charge in [0.25, 0.3) is 0 Å². The second-order valence-electron chi connectivity index (χ2n) is 5.37. The summed E-state index contributed by atoms with van der Waals surface area (Å²) >= 11 is 0. The van der Waals surface area contributed by atoms with Crippen molar-refractivity contribution in [2.45, 2.75) is 6.16 Å². The topological polar surface area (TPSA) is 62.5 Å². The van der Waals surface area contributed by atoms with E-state index in [1.807, 2.05) is 72.8 Å². The molecule has 3 rings (SSSR count). The Bertz CT molecular complexity index is 837. The molecular weight excluding hydrogens is 319 g/mol. The van der Waals surface area contributed by atoms with Crippen molar-refractivity contribution in [3.05, 3.63) is 90.3 Å². The second kappa shape index (κ2) is 7.24. The third kappa shape index (κ3) is 3.44. The maximum absolute atomic E-state index is 13.9. The summed E-state index contributed by atoms with van der Waals surface area (Å²) in [6.45, 7) is 0. The van der Waals surface area contributed by atoms with Gasteiger partial charge in [-0.25, -0.2) is 0 Å². The van der Waals surface area contributed by atoms with Crippen LogP contribution in [0.25, 0.3) is 0 Å². The summed E-state index contributed by atoms with van der Waals surface area (Å²) in [5.41, 5.74) is 1.23. The first-order chi connectivity index (χ1) is 11.7. The Kier molecular flexibility index (Phi) is 4.88. The van der Waals surface area contributed by atoms with E-state index in [4.69, 9.17) is 5.21 Å². The summed E-state index contributed by atoms with van der Waals surface area (Å²) in [4.78, 5) is 4.42. The van der Waals surface area contributed by atoms with Crippen molar-refractivity contribution < 1.29 is 9.77 Å². The SMILES string of the molecule is O=P(Cc1cccc(C=NO)n1)(c1ccccc1)c1ccccc1. The zero-order chi connectivity index (χ0) is 16.8. The van der Waals surface area contributed by atoms with Gasteiger partial charge < -0.3 is 9.77 Å². The van der Waals surface area contributed by atoms with Crippen LogP contribution in [0.5, 0.6) is 0 Å². The summed E-state index contributed by atoms with van der Waals surface area (Å²) in [5.74, 6) is 0. The van der Waals surface area contributed by atoms with Crippen LogP contribution >= 0.6 is 7.14 Å². The van der Waals surface area contributed by atoms with Crippen LogP contribution in [0.15, 0.2) is 84.0 Å². The lowest BCUT2D eigenvalue weighted by atomic mass is 10.3. The highest BCUT2D eigenvalue weighted by molar-refractivity contribution is 7.78. The Labute approximate surface area is 140 Å². The molecule has 0 atom stereocenters. The van der Waals surface area contributed by atoms with Crippen LogP contribution in [0, 0.1) is 0 Å². The third-order valence-corrected chi connectivity index (χ3v) is 6.78. The number of rotatable bonds is 5. The number of hydrogen-bond donors (Lipinski definition) is 1. The highest BCUT2D eigenvalue weighted by Crippen LogP contribution is 2.46. The van der Waals surface area contributed by atoms with Gasteiger partial charge in [0.05, 0.1) is 18.1 Å². The molecule has 120 valence electrons. The highest BCUT2D eigenvalue weighted by Gasteiger charge is 2.28. The van der Waals surface area contributed by atoms with Gasteiger partial charge >= 0.3 is 0 Å². The molecule has 2 aromatic carbocycles. The van der Waals surface area contributed by atoms with E-state index < -0.39 is 7.14 Å². The molecule has 1 heterocycles. The summed E-state index contributed by atoms with van der Waals surface area (Å²) in [5, 5.41) is 13.3. The highest BCUT2D eigenvalue weighted by atomic mass is 31.2. The van der Waals surface area contributed by atoms with Gasteiger partial charge in [0.1, 0.15) is 7.14 Å². The van der Waals surface area contributed by atoms with E-state index in [0.717, 1.165) is 10.6 Å². The molecule has 0 aliphatic rings. The molecule has 0 spiro atoms. The van der Waals surface area contributed by atoms with E-state index in [1.165, 1.54) is 6.21 Å².